The van der Waals surface area contributed by atoms with Crippen LogP contribution in [-0.4, -0.2) is 64.7 Å². The van der Waals surface area contributed by atoms with Crippen LogP contribution in [0.2, 0.25) is 0 Å². The van der Waals surface area contributed by atoms with E-state index in [1.165, 1.54) is 15.9 Å². The van der Waals surface area contributed by atoms with Crippen LogP contribution >= 0.6 is 0 Å². The van der Waals surface area contributed by atoms with Gasteiger partial charge in [-0.1, -0.05) is 18.2 Å². The second-order valence-corrected chi connectivity index (χ2v) is 8.53. The molecule has 30 heavy (non-hydrogen) atoms. The van der Waals surface area contributed by atoms with E-state index >= 15 is 0 Å². The first-order valence-electron chi connectivity index (χ1n) is 9.08. The lowest BCUT2D eigenvalue weighted by molar-refractivity contribution is 0.0691. The van der Waals surface area contributed by atoms with E-state index in [1.54, 1.807) is 12.1 Å². The molecule has 4 rings (SSSR count). The van der Waals surface area contributed by atoms with Crippen LogP contribution in [0, 0.1) is 11.6 Å². The maximum absolute atomic E-state index is 13.9. The second kappa shape index (κ2) is 7.92. The van der Waals surface area contributed by atoms with Crippen molar-refractivity contribution in [3.8, 4) is 5.69 Å². The number of carbonyl (C=O) groups excluding carboxylic acids is 1. The number of rotatable bonds is 4. The molecule has 1 aliphatic heterocycles. The summed E-state index contributed by atoms with van der Waals surface area (Å²) in [6.07, 6.45) is 1.35. The first kappa shape index (κ1) is 20.1. The Balaban J connectivity index is 1.45. The number of para-hydroxylation sites is 1. The van der Waals surface area contributed by atoms with E-state index < -0.39 is 26.6 Å². The minimum Gasteiger partial charge on any atom is -0.335 e. The number of piperazine rings is 1. The highest BCUT2D eigenvalue weighted by Gasteiger charge is 2.33. The fourth-order valence-corrected chi connectivity index (χ4v) is 4.65. The third kappa shape index (κ3) is 3.81. The number of aromatic nitrogens is 3. The van der Waals surface area contributed by atoms with Gasteiger partial charge in [0.05, 0.1) is 11.9 Å². The molecule has 1 fully saturated rings. The smallest absolute Gasteiger partial charge is 0.276 e. The highest BCUT2D eigenvalue weighted by molar-refractivity contribution is 7.89. The Morgan fingerprint density at radius 2 is 1.67 bits per heavy atom. The van der Waals surface area contributed by atoms with Crippen LogP contribution in [0.1, 0.15) is 10.5 Å². The topological polar surface area (TPSA) is 88.4 Å². The minimum absolute atomic E-state index is 0.0448. The van der Waals surface area contributed by atoms with Crippen LogP contribution in [0.3, 0.4) is 0 Å². The van der Waals surface area contributed by atoms with Gasteiger partial charge in [0.15, 0.2) is 5.69 Å². The van der Waals surface area contributed by atoms with Crippen molar-refractivity contribution in [3.05, 3.63) is 72.1 Å². The first-order chi connectivity index (χ1) is 14.4. The molecule has 3 aromatic rings. The number of amides is 1. The number of carbonyl (C=O) groups is 1. The Bertz CT molecular complexity index is 1180. The maximum Gasteiger partial charge on any atom is 0.276 e. The van der Waals surface area contributed by atoms with Gasteiger partial charge in [-0.2, -0.15) is 14.2 Å². The summed E-state index contributed by atoms with van der Waals surface area (Å²) in [5.74, 6) is -2.25. The number of hydrogen-bond acceptors (Lipinski definition) is 5. The summed E-state index contributed by atoms with van der Waals surface area (Å²) in [5.41, 5.74) is 0.830. The molecule has 2 heterocycles. The van der Waals surface area contributed by atoms with Crippen molar-refractivity contribution in [2.75, 3.05) is 26.2 Å². The van der Waals surface area contributed by atoms with Gasteiger partial charge in [-0.25, -0.2) is 17.2 Å². The van der Waals surface area contributed by atoms with E-state index in [9.17, 15) is 22.0 Å². The van der Waals surface area contributed by atoms with Crippen LogP contribution < -0.4 is 0 Å². The Hall–Kier alpha value is -3.18. The molecule has 0 aliphatic carbocycles. The molecule has 0 radical (unpaired) electrons. The molecule has 8 nitrogen and oxygen atoms in total. The van der Waals surface area contributed by atoms with Gasteiger partial charge in [-0.05, 0) is 30.3 Å². The number of sulfonamides is 1. The zero-order valence-electron chi connectivity index (χ0n) is 15.6. The predicted octanol–water partition coefficient (Wildman–Crippen LogP) is 1.69. The van der Waals surface area contributed by atoms with Gasteiger partial charge in [0.25, 0.3) is 5.91 Å². The number of hydrogen-bond donors (Lipinski definition) is 0. The summed E-state index contributed by atoms with van der Waals surface area (Å²) >= 11 is 0. The monoisotopic (exact) mass is 433 g/mol. The molecule has 1 aromatic heterocycles. The number of benzene rings is 2. The molecule has 0 N–H and O–H groups in total. The van der Waals surface area contributed by atoms with E-state index in [2.05, 4.69) is 10.2 Å². The molecular formula is C19H17F2N5O3S. The average molecular weight is 433 g/mol. The van der Waals surface area contributed by atoms with Gasteiger partial charge < -0.3 is 4.90 Å². The third-order valence-corrected chi connectivity index (χ3v) is 6.65. The Kier molecular flexibility index (Phi) is 5.31. The van der Waals surface area contributed by atoms with Crippen LogP contribution in [0.5, 0.6) is 0 Å². The lowest BCUT2D eigenvalue weighted by Gasteiger charge is -2.33. The van der Waals surface area contributed by atoms with Crippen LogP contribution in [0.15, 0.2) is 59.6 Å². The van der Waals surface area contributed by atoms with Gasteiger partial charge >= 0.3 is 0 Å². The standard InChI is InChI=1S/C19H17F2N5O3S/c20-14-6-7-16(21)18(12-14)30(28,29)25-10-8-24(9-11-25)19(27)17-13-22-26(23-17)15-4-2-1-3-5-15/h1-7,12-13H,8-11H2. The zero-order valence-corrected chi connectivity index (χ0v) is 16.5. The van der Waals surface area contributed by atoms with Crippen molar-refractivity contribution in [3.63, 3.8) is 0 Å². The highest BCUT2D eigenvalue weighted by Crippen LogP contribution is 2.22. The van der Waals surface area contributed by atoms with Crippen molar-refractivity contribution in [1.29, 1.82) is 0 Å². The van der Waals surface area contributed by atoms with Gasteiger partial charge in [-0.3, -0.25) is 4.79 Å². The zero-order chi connectivity index (χ0) is 21.3. The first-order valence-corrected chi connectivity index (χ1v) is 10.5. The normalized spacial score (nSPS) is 15.3. The van der Waals surface area contributed by atoms with Crippen molar-refractivity contribution >= 4 is 15.9 Å². The summed E-state index contributed by atoms with van der Waals surface area (Å²) in [6, 6.07) is 11.4. The Morgan fingerprint density at radius 3 is 2.37 bits per heavy atom. The van der Waals surface area contributed by atoms with Crippen LogP contribution in [-0.2, 0) is 10.0 Å². The van der Waals surface area contributed by atoms with Gasteiger partial charge in [0.2, 0.25) is 10.0 Å². The molecule has 1 aliphatic rings. The fourth-order valence-electron chi connectivity index (χ4n) is 3.15. The molecule has 0 unspecified atom stereocenters. The summed E-state index contributed by atoms with van der Waals surface area (Å²) in [7, 11) is -4.21. The molecule has 0 saturated carbocycles. The predicted molar refractivity (Wildman–Crippen MR) is 102 cm³/mol. The van der Waals surface area contributed by atoms with Crippen molar-refractivity contribution in [2.24, 2.45) is 0 Å². The fraction of sp³-hybridized carbons (Fsp3) is 0.211. The van der Waals surface area contributed by atoms with E-state index in [4.69, 9.17) is 0 Å². The maximum atomic E-state index is 13.9. The van der Waals surface area contributed by atoms with Gasteiger partial charge in [0, 0.05) is 26.2 Å². The van der Waals surface area contributed by atoms with Crippen LogP contribution in [0.25, 0.3) is 5.69 Å². The largest absolute Gasteiger partial charge is 0.335 e. The molecule has 1 saturated heterocycles. The minimum atomic E-state index is -4.21. The summed E-state index contributed by atoms with van der Waals surface area (Å²) < 4.78 is 53.7. The SMILES string of the molecule is O=C(c1cnn(-c2ccccc2)n1)N1CCN(S(=O)(=O)c2cc(F)ccc2F)CC1. The van der Waals surface area contributed by atoms with Crippen molar-refractivity contribution < 1.29 is 22.0 Å². The molecule has 1 amide bonds. The summed E-state index contributed by atoms with van der Waals surface area (Å²) in [5, 5.41) is 8.27. The molecule has 0 bridgehead atoms. The molecule has 156 valence electrons. The molecule has 11 heteroatoms. The van der Waals surface area contributed by atoms with Crippen molar-refractivity contribution in [1.82, 2.24) is 24.2 Å². The highest BCUT2D eigenvalue weighted by atomic mass is 32.2. The lowest BCUT2D eigenvalue weighted by Crippen LogP contribution is -2.50. The van der Waals surface area contributed by atoms with Gasteiger partial charge in [-0.15, -0.1) is 5.10 Å². The second-order valence-electron chi connectivity index (χ2n) is 6.63. The van der Waals surface area contributed by atoms with Crippen molar-refractivity contribution in [2.45, 2.75) is 4.90 Å². The molecule has 0 atom stereocenters. The number of nitrogens with zero attached hydrogens (tertiary/aromatic N) is 5. The average Bonchev–Trinajstić information content (AvgIpc) is 3.26. The van der Waals surface area contributed by atoms with E-state index in [1.807, 2.05) is 18.2 Å². The van der Waals surface area contributed by atoms with E-state index in [0.29, 0.717) is 11.8 Å². The quantitative estimate of drug-likeness (QED) is 0.625. The molecule has 0 spiro atoms. The van der Waals surface area contributed by atoms with E-state index in [0.717, 1.165) is 16.4 Å². The molecular weight excluding hydrogens is 416 g/mol. The third-order valence-electron chi connectivity index (χ3n) is 4.74. The van der Waals surface area contributed by atoms with Crippen LogP contribution in [0.4, 0.5) is 8.78 Å². The van der Waals surface area contributed by atoms with Gasteiger partial charge in [0.1, 0.15) is 16.5 Å². The van der Waals surface area contributed by atoms with E-state index in [-0.39, 0.29) is 37.8 Å². The summed E-state index contributed by atoms with van der Waals surface area (Å²) in [4.78, 5) is 14.8. The Morgan fingerprint density at radius 1 is 0.967 bits per heavy atom. The molecule has 2 aromatic carbocycles. The lowest BCUT2D eigenvalue weighted by atomic mass is 10.3. The summed E-state index contributed by atoms with van der Waals surface area (Å²) in [6.45, 7) is 0.0914. The Labute approximate surface area is 171 Å². The number of halogens is 2.